The molecule has 0 fully saturated rings. The van der Waals surface area contributed by atoms with Crippen LogP contribution in [0.25, 0.3) is 0 Å². The smallest absolute Gasteiger partial charge is 0.0992 e. The summed E-state index contributed by atoms with van der Waals surface area (Å²) in [4.78, 5) is 0. The zero-order chi connectivity index (χ0) is 3.58. The van der Waals surface area contributed by atoms with E-state index in [0.717, 1.165) is 0 Å². The van der Waals surface area contributed by atoms with Crippen LogP contribution >= 0.6 is 23.2 Å². The Bertz CT molecular complexity index is 30.6. The normalized spacial score (nSPS) is 5.20. The van der Waals surface area contributed by atoms with Crippen LogP contribution in [0.1, 0.15) is 0 Å². The van der Waals surface area contributed by atoms with Crippen LogP contribution in [0.15, 0.2) is 11.1 Å². The molecule has 5 heavy (non-hydrogen) atoms. The summed E-state index contributed by atoms with van der Waals surface area (Å²) in [5, 5.41) is 0. The summed E-state index contributed by atoms with van der Waals surface area (Å²) in [5.74, 6) is 0. The Morgan fingerprint density at radius 1 is 1.40 bits per heavy atom. The molecule has 0 rings (SSSR count). The third-order valence-electron chi connectivity index (χ3n) is 0. The van der Waals surface area contributed by atoms with Crippen molar-refractivity contribution in [1.82, 2.24) is 0 Å². The van der Waals surface area contributed by atoms with Gasteiger partial charge in [0.25, 0.3) is 0 Å². The lowest BCUT2D eigenvalue weighted by atomic mass is 11.3. The molecular weight excluding hydrogens is 111 g/mol. The van der Waals surface area contributed by atoms with E-state index in [0.29, 0.717) is 0 Å². The van der Waals surface area contributed by atoms with Crippen LogP contribution in [-0.4, -0.2) is 5.48 Å². The standard InChI is InChI=1S/C2H2Cl2.H2O/c1-2(3)4;/h1H2;1H2. The van der Waals surface area contributed by atoms with E-state index in [4.69, 9.17) is 23.2 Å². The van der Waals surface area contributed by atoms with Gasteiger partial charge in [0, 0.05) is 0 Å². The molecule has 0 heterocycles. The van der Waals surface area contributed by atoms with Gasteiger partial charge < -0.3 is 5.48 Å². The van der Waals surface area contributed by atoms with Crippen LogP contribution in [-0.2, 0) is 0 Å². The maximum absolute atomic E-state index is 4.85. The van der Waals surface area contributed by atoms with Crippen LogP contribution in [0, 0.1) is 0 Å². The minimum absolute atomic E-state index is 0. The van der Waals surface area contributed by atoms with Gasteiger partial charge in [-0.15, -0.1) is 0 Å². The van der Waals surface area contributed by atoms with E-state index < -0.39 is 0 Å². The lowest BCUT2D eigenvalue weighted by Crippen LogP contribution is -1.24. The number of rotatable bonds is 0. The van der Waals surface area contributed by atoms with Crippen molar-refractivity contribution in [1.29, 1.82) is 0 Å². The second kappa shape index (κ2) is 4.28. The van der Waals surface area contributed by atoms with Gasteiger partial charge in [0.05, 0.1) is 4.49 Å². The summed E-state index contributed by atoms with van der Waals surface area (Å²) in [6.45, 7) is 3.09. The molecule has 0 unspecified atom stereocenters. The average molecular weight is 115 g/mol. The minimum Gasteiger partial charge on any atom is -0.412 e. The van der Waals surface area contributed by atoms with E-state index in [1.165, 1.54) is 0 Å². The molecule has 0 bridgehead atoms. The SMILES string of the molecule is C=C(Cl)Cl.O. The van der Waals surface area contributed by atoms with Gasteiger partial charge in [-0.1, -0.05) is 29.8 Å². The summed E-state index contributed by atoms with van der Waals surface area (Å²) in [6, 6.07) is 0. The molecule has 0 aliphatic rings. The fourth-order valence-corrected chi connectivity index (χ4v) is 0. The van der Waals surface area contributed by atoms with Gasteiger partial charge in [-0.05, 0) is 0 Å². The van der Waals surface area contributed by atoms with Crippen molar-refractivity contribution >= 4 is 23.2 Å². The van der Waals surface area contributed by atoms with E-state index in [2.05, 4.69) is 6.58 Å². The van der Waals surface area contributed by atoms with Crippen molar-refractivity contribution in [2.75, 3.05) is 0 Å². The maximum Gasteiger partial charge on any atom is 0.0992 e. The molecule has 2 N–H and O–H groups in total. The highest BCUT2D eigenvalue weighted by atomic mass is 35.5. The van der Waals surface area contributed by atoms with Crippen molar-refractivity contribution < 1.29 is 5.48 Å². The van der Waals surface area contributed by atoms with E-state index >= 15 is 0 Å². The quantitative estimate of drug-likeness (QED) is 0.452. The average Bonchev–Trinajstić information content (AvgIpc) is 0.811. The van der Waals surface area contributed by atoms with Gasteiger partial charge >= 0.3 is 0 Å². The van der Waals surface area contributed by atoms with Gasteiger partial charge in [0.15, 0.2) is 0 Å². The molecule has 32 valence electrons. The first-order valence-electron chi connectivity index (χ1n) is 0.732. The molecule has 0 radical (unpaired) electrons. The minimum atomic E-state index is 0. The largest absolute Gasteiger partial charge is 0.412 e. The highest BCUT2D eigenvalue weighted by Crippen LogP contribution is 1.98. The summed E-state index contributed by atoms with van der Waals surface area (Å²) < 4.78 is 0.111. The molecule has 0 aromatic heterocycles. The van der Waals surface area contributed by atoms with E-state index in [9.17, 15) is 0 Å². The van der Waals surface area contributed by atoms with Crippen LogP contribution in [0.2, 0.25) is 0 Å². The molecule has 0 atom stereocenters. The van der Waals surface area contributed by atoms with Crippen molar-refractivity contribution in [2.24, 2.45) is 0 Å². The van der Waals surface area contributed by atoms with Crippen LogP contribution in [0.5, 0.6) is 0 Å². The zero-order valence-corrected chi connectivity index (χ0v) is 3.97. The van der Waals surface area contributed by atoms with Crippen LogP contribution in [0.4, 0.5) is 0 Å². The molecule has 3 heteroatoms. The summed E-state index contributed by atoms with van der Waals surface area (Å²) in [5.41, 5.74) is 0. The van der Waals surface area contributed by atoms with E-state index in [-0.39, 0.29) is 9.97 Å². The Balaban J connectivity index is 0. The summed E-state index contributed by atoms with van der Waals surface area (Å²) in [6.07, 6.45) is 0. The maximum atomic E-state index is 4.85. The predicted octanol–water partition coefficient (Wildman–Crippen LogP) is 1.11. The fourth-order valence-electron chi connectivity index (χ4n) is 0. The van der Waals surface area contributed by atoms with E-state index in [1.54, 1.807) is 0 Å². The molecule has 0 aliphatic carbocycles. The zero-order valence-electron chi connectivity index (χ0n) is 2.46. The van der Waals surface area contributed by atoms with Gasteiger partial charge in [0.1, 0.15) is 0 Å². The van der Waals surface area contributed by atoms with E-state index in [1.807, 2.05) is 0 Å². The highest BCUT2D eigenvalue weighted by molar-refractivity contribution is 6.55. The summed E-state index contributed by atoms with van der Waals surface area (Å²) in [7, 11) is 0. The number of hydrogen-bond donors (Lipinski definition) is 0. The molecule has 0 aromatic carbocycles. The van der Waals surface area contributed by atoms with Gasteiger partial charge in [-0.25, -0.2) is 0 Å². The third kappa shape index (κ3) is 284. The van der Waals surface area contributed by atoms with Crippen molar-refractivity contribution in [2.45, 2.75) is 0 Å². The first kappa shape index (κ1) is 8.99. The molecule has 0 spiro atoms. The third-order valence-corrected chi connectivity index (χ3v) is 0. The molecule has 1 nitrogen and oxygen atoms in total. The monoisotopic (exact) mass is 114 g/mol. The van der Waals surface area contributed by atoms with Gasteiger partial charge in [-0.2, -0.15) is 0 Å². The first-order valence-corrected chi connectivity index (χ1v) is 1.49. The molecule has 0 aromatic rings. The van der Waals surface area contributed by atoms with Crippen LogP contribution in [0.3, 0.4) is 0 Å². The van der Waals surface area contributed by atoms with Crippen molar-refractivity contribution in [3.05, 3.63) is 11.1 Å². The lowest BCUT2D eigenvalue weighted by Gasteiger charge is -1.57. The highest BCUT2D eigenvalue weighted by Gasteiger charge is 1.60. The Hall–Kier alpha value is 0.280. The van der Waals surface area contributed by atoms with Crippen molar-refractivity contribution in [3.63, 3.8) is 0 Å². The Morgan fingerprint density at radius 2 is 1.40 bits per heavy atom. The summed E-state index contributed by atoms with van der Waals surface area (Å²) >= 11 is 9.69. The van der Waals surface area contributed by atoms with Gasteiger partial charge in [-0.3, -0.25) is 0 Å². The van der Waals surface area contributed by atoms with Gasteiger partial charge in [0.2, 0.25) is 0 Å². The molecule has 0 saturated carbocycles. The second-order valence-corrected chi connectivity index (χ2v) is 1.44. The molecular formula is C2H4Cl2O. The molecule has 0 amide bonds. The molecule has 0 saturated heterocycles. The van der Waals surface area contributed by atoms with Crippen LogP contribution < -0.4 is 0 Å². The Labute approximate surface area is 40.5 Å². The molecule has 0 aliphatic heterocycles. The second-order valence-electron chi connectivity index (χ2n) is 0.339. The fraction of sp³-hybridized carbons (Fsp3) is 0. The Kier molecular flexibility index (Phi) is 7.70. The number of halogens is 2. The van der Waals surface area contributed by atoms with Crippen molar-refractivity contribution in [3.8, 4) is 0 Å². The Morgan fingerprint density at radius 3 is 1.40 bits per heavy atom. The number of hydrogen-bond acceptors (Lipinski definition) is 0. The topological polar surface area (TPSA) is 31.5 Å². The predicted molar refractivity (Wildman–Crippen MR) is 24.5 cm³/mol. The lowest BCUT2D eigenvalue weighted by molar-refractivity contribution is 0.824. The first-order chi connectivity index (χ1) is 1.73.